The number of benzene rings is 1. The van der Waals surface area contributed by atoms with E-state index < -0.39 is 18.3 Å². The van der Waals surface area contributed by atoms with Crippen molar-refractivity contribution in [2.24, 2.45) is 0 Å². The molecule has 3 aromatic heterocycles. The van der Waals surface area contributed by atoms with E-state index in [4.69, 9.17) is 0 Å². The van der Waals surface area contributed by atoms with Crippen LogP contribution in [-0.4, -0.2) is 19.4 Å². The van der Waals surface area contributed by atoms with Gasteiger partial charge in [0.2, 0.25) is 0 Å². The quantitative estimate of drug-likeness (QED) is 0.572. The summed E-state index contributed by atoms with van der Waals surface area (Å²) in [6, 6.07) is 7.58. The molecule has 8 heteroatoms. The third-order valence-electron chi connectivity index (χ3n) is 4.07. The summed E-state index contributed by atoms with van der Waals surface area (Å²) in [6.45, 7) is 1.16. The van der Waals surface area contributed by atoms with Crippen LogP contribution in [0.1, 0.15) is 11.3 Å². The smallest absolute Gasteiger partial charge is 0.174 e. The molecule has 27 heavy (non-hydrogen) atoms. The van der Waals surface area contributed by atoms with Crippen LogP contribution in [0, 0.1) is 18.6 Å². The van der Waals surface area contributed by atoms with Gasteiger partial charge in [0.1, 0.15) is 24.0 Å². The zero-order valence-corrected chi connectivity index (χ0v) is 14.2. The van der Waals surface area contributed by atoms with E-state index in [0.29, 0.717) is 34.2 Å². The molecule has 4 rings (SSSR count). The second-order valence-corrected chi connectivity index (χ2v) is 5.99. The summed E-state index contributed by atoms with van der Waals surface area (Å²) in [5.74, 6) is -1.03. The molecule has 0 amide bonds. The summed E-state index contributed by atoms with van der Waals surface area (Å²) >= 11 is 0. The molecule has 136 valence electrons. The average molecular weight is 369 g/mol. The monoisotopic (exact) mass is 369 g/mol. The molecule has 0 saturated carbocycles. The predicted molar refractivity (Wildman–Crippen MR) is 95.4 cm³/mol. The molecule has 1 N–H and O–H groups in total. The Balaban J connectivity index is 1.74. The van der Waals surface area contributed by atoms with Gasteiger partial charge in [0.15, 0.2) is 11.5 Å². The van der Waals surface area contributed by atoms with Gasteiger partial charge in [-0.05, 0) is 24.6 Å². The van der Waals surface area contributed by atoms with E-state index in [-0.39, 0.29) is 5.65 Å². The van der Waals surface area contributed by atoms with Gasteiger partial charge in [-0.15, -0.1) is 0 Å². The minimum atomic E-state index is -0.750. The summed E-state index contributed by atoms with van der Waals surface area (Å²) in [5.41, 5.74) is 2.67. The molecule has 0 saturated heterocycles. The molecule has 0 radical (unpaired) electrons. The average Bonchev–Trinajstić information content (AvgIpc) is 2.99. The summed E-state index contributed by atoms with van der Waals surface area (Å²) < 4.78 is 41.6. The lowest BCUT2D eigenvalue weighted by molar-refractivity contribution is 0.485. The summed E-state index contributed by atoms with van der Waals surface area (Å²) in [5, 5.41) is 3.07. The first kappa shape index (κ1) is 17.0. The van der Waals surface area contributed by atoms with Crippen LogP contribution in [-0.2, 0) is 6.67 Å². The minimum absolute atomic E-state index is 0.0193. The number of fused-ring (bicyclic) bond motifs is 1. The highest BCUT2D eigenvalue weighted by Gasteiger charge is 2.17. The number of anilines is 2. The third kappa shape index (κ3) is 3.21. The van der Waals surface area contributed by atoms with Crippen molar-refractivity contribution in [2.75, 3.05) is 5.32 Å². The maximum absolute atomic E-state index is 14.0. The number of nitrogens with one attached hydrogen (secondary N) is 1. The Morgan fingerprint density at radius 2 is 1.85 bits per heavy atom. The molecular formula is C19H14F3N5. The Kier molecular flexibility index (Phi) is 4.23. The van der Waals surface area contributed by atoms with Crippen LogP contribution in [0.2, 0.25) is 0 Å². The van der Waals surface area contributed by atoms with Crippen LogP contribution in [0.5, 0.6) is 0 Å². The number of hydrogen-bond acceptors (Lipinski definition) is 4. The number of imidazole rings is 1. The van der Waals surface area contributed by atoms with Crippen LogP contribution in [0.4, 0.5) is 24.7 Å². The SMILES string of the molecule is Cc1nc2c(F)cc(F)cn2c1-c1cncc(Nc2ccc(CF)cc2)n1. The van der Waals surface area contributed by atoms with Gasteiger partial charge in [-0.3, -0.25) is 9.38 Å². The second kappa shape index (κ2) is 6.71. The van der Waals surface area contributed by atoms with E-state index in [1.807, 2.05) is 0 Å². The maximum atomic E-state index is 14.0. The first-order chi connectivity index (χ1) is 13.0. The molecule has 0 unspecified atom stereocenters. The van der Waals surface area contributed by atoms with Crippen molar-refractivity contribution in [1.29, 1.82) is 0 Å². The van der Waals surface area contributed by atoms with Gasteiger partial charge in [-0.2, -0.15) is 0 Å². The van der Waals surface area contributed by atoms with Gasteiger partial charge in [0.25, 0.3) is 0 Å². The van der Waals surface area contributed by atoms with Gasteiger partial charge >= 0.3 is 0 Å². The summed E-state index contributed by atoms with van der Waals surface area (Å²) in [4.78, 5) is 12.8. The van der Waals surface area contributed by atoms with Crippen LogP contribution >= 0.6 is 0 Å². The minimum Gasteiger partial charge on any atom is -0.339 e. The Morgan fingerprint density at radius 3 is 2.59 bits per heavy atom. The number of alkyl halides is 1. The van der Waals surface area contributed by atoms with Gasteiger partial charge in [-0.25, -0.2) is 23.1 Å². The molecule has 0 bridgehead atoms. The standard InChI is InChI=1S/C19H14F3N5/c1-11-18(27-10-13(21)6-15(22)19(27)24-11)16-8-23-9-17(26-16)25-14-4-2-12(7-20)3-5-14/h2-6,8-10H,7H2,1H3,(H,25,26). The third-order valence-corrected chi connectivity index (χ3v) is 4.07. The molecule has 0 aliphatic heterocycles. The van der Waals surface area contributed by atoms with Crippen molar-refractivity contribution in [3.05, 3.63) is 71.8 Å². The Labute approximate surface area is 152 Å². The number of aromatic nitrogens is 4. The number of pyridine rings is 1. The lowest BCUT2D eigenvalue weighted by Gasteiger charge is -2.08. The Hall–Kier alpha value is -3.42. The van der Waals surface area contributed by atoms with E-state index in [1.54, 1.807) is 31.2 Å². The van der Waals surface area contributed by atoms with Crippen LogP contribution in [0.3, 0.4) is 0 Å². The molecule has 0 aliphatic rings. The number of halogens is 3. The van der Waals surface area contributed by atoms with Crippen molar-refractivity contribution < 1.29 is 13.2 Å². The van der Waals surface area contributed by atoms with Crippen LogP contribution in [0.15, 0.2) is 48.9 Å². The number of rotatable bonds is 4. The zero-order valence-electron chi connectivity index (χ0n) is 14.2. The molecule has 0 aliphatic carbocycles. The highest BCUT2D eigenvalue weighted by molar-refractivity contribution is 5.66. The second-order valence-electron chi connectivity index (χ2n) is 5.99. The van der Waals surface area contributed by atoms with Crippen molar-refractivity contribution in [3.63, 3.8) is 0 Å². The van der Waals surface area contributed by atoms with E-state index >= 15 is 0 Å². The molecule has 4 aromatic rings. The van der Waals surface area contributed by atoms with E-state index in [9.17, 15) is 13.2 Å². The molecule has 0 spiro atoms. The number of nitrogens with zero attached hydrogens (tertiary/aromatic N) is 4. The van der Waals surface area contributed by atoms with E-state index in [2.05, 4.69) is 20.3 Å². The van der Waals surface area contributed by atoms with Crippen LogP contribution < -0.4 is 5.32 Å². The first-order valence-electron chi connectivity index (χ1n) is 8.13. The van der Waals surface area contributed by atoms with Crippen molar-refractivity contribution in [2.45, 2.75) is 13.6 Å². The molecule has 0 fully saturated rings. The Bertz CT molecular complexity index is 1120. The highest BCUT2D eigenvalue weighted by Crippen LogP contribution is 2.26. The van der Waals surface area contributed by atoms with Crippen molar-refractivity contribution in [1.82, 2.24) is 19.4 Å². The fourth-order valence-corrected chi connectivity index (χ4v) is 2.86. The fourth-order valence-electron chi connectivity index (χ4n) is 2.86. The molecule has 1 aromatic carbocycles. The van der Waals surface area contributed by atoms with E-state index in [0.717, 1.165) is 12.3 Å². The molecule has 5 nitrogen and oxygen atoms in total. The summed E-state index contributed by atoms with van der Waals surface area (Å²) in [6.07, 6.45) is 4.17. The largest absolute Gasteiger partial charge is 0.339 e. The molecule has 0 atom stereocenters. The van der Waals surface area contributed by atoms with Gasteiger partial charge < -0.3 is 5.32 Å². The highest BCUT2D eigenvalue weighted by atomic mass is 19.1. The van der Waals surface area contributed by atoms with Gasteiger partial charge in [-0.1, -0.05) is 12.1 Å². The lowest BCUT2D eigenvalue weighted by Crippen LogP contribution is -1.99. The number of aryl methyl sites for hydroxylation is 1. The Morgan fingerprint density at radius 1 is 1.07 bits per heavy atom. The predicted octanol–water partition coefficient (Wildman–Crippen LogP) is 4.59. The van der Waals surface area contributed by atoms with Crippen molar-refractivity contribution in [3.8, 4) is 11.4 Å². The molecular weight excluding hydrogens is 355 g/mol. The van der Waals surface area contributed by atoms with Crippen molar-refractivity contribution >= 4 is 17.2 Å². The van der Waals surface area contributed by atoms with Gasteiger partial charge in [0.05, 0.1) is 23.8 Å². The first-order valence-corrected chi connectivity index (χ1v) is 8.13. The normalized spacial score (nSPS) is 11.1. The molecule has 3 heterocycles. The fraction of sp³-hybridized carbons (Fsp3) is 0.105. The van der Waals surface area contributed by atoms with E-state index in [1.165, 1.54) is 16.8 Å². The zero-order chi connectivity index (χ0) is 19.0. The maximum Gasteiger partial charge on any atom is 0.174 e. The number of hydrogen-bond donors (Lipinski definition) is 1. The van der Waals surface area contributed by atoms with Gasteiger partial charge in [0, 0.05) is 18.0 Å². The topological polar surface area (TPSA) is 55.1 Å². The summed E-state index contributed by atoms with van der Waals surface area (Å²) in [7, 11) is 0. The lowest BCUT2D eigenvalue weighted by atomic mass is 10.2. The van der Waals surface area contributed by atoms with Crippen LogP contribution in [0.25, 0.3) is 17.0 Å².